The number of amides is 1. The van der Waals surface area contributed by atoms with Crippen LogP contribution in [0.25, 0.3) is 0 Å². The fourth-order valence-corrected chi connectivity index (χ4v) is 1.48. The number of nitrogens with one attached hydrogen (secondary N) is 1. The highest BCUT2D eigenvalue weighted by atomic mass is 35.5. The summed E-state index contributed by atoms with van der Waals surface area (Å²) in [5.74, 6) is -0.214. The third kappa shape index (κ3) is 2.07. The summed E-state index contributed by atoms with van der Waals surface area (Å²) in [4.78, 5) is 15.3. The van der Waals surface area contributed by atoms with E-state index >= 15 is 0 Å². The van der Waals surface area contributed by atoms with Crippen LogP contribution in [-0.2, 0) is 4.79 Å². The van der Waals surface area contributed by atoms with Gasteiger partial charge in [-0.25, -0.2) is 4.98 Å². The molecular weight excluding hydrogens is 202 g/mol. The number of nitrogens with zero attached hydrogens (tertiary/aromatic N) is 2. The minimum Gasteiger partial charge on any atom is -0.358 e. The molecule has 5 heteroatoms. The van der Waals surface area contributed by atoms with Crippen LogP contribution in [0.4, 0.5) is 0 Å². The van der Waals surface area contributed by atoms with Crippen LogP contribution in [0.3, 0.4) is 0 Å². The predicted molar refractivity (Wildman–Crippen MR) is 55.3 cm³/mol. The number of imidazole rings is 1. The van der Waals surface area contributed by atoms with Gasteiger partial charge >= 0.3 is 0 Å². The Morgan fingerprint density at radius 2 is 2.29 bits per heavy atom. The zero-order valence-corrected chi connectivity index (χ0v) is 9.25. The van der Waals surface area contributed by atoms with E-state index in [0.717, 1.165) is 5.69 Å². The maximum absolute atomic E-state index is 11.3. The van der Waals surface area contributed by atoms with Crippen molar-refractivity contribution in [1.29, 1.82) is 0 Å². The van der Waals surface area contributed by atoms with Crippen molar-refractivity contribution in [2.75, 3.05) is 7.05 Å². The first kappa shape index (κ1) is 11.0. The Balaban J connectivity index is 2.94. The van der Waals surface area contributed by atoms with E-state index in [1.54, 1.807) is 19.6 Å². The molecule has 0 saturated carbocycles. The second kappa shape index (κ2) is 4.46. The fourth-order valence-electron chi connectivity index (χ4n) is 1.20. The molecule has 0 saturated heterocycles. The summed E-state index contributed by atoms with van der Waals surface area (Å²) in [5.41, 5.74) is 0.723. The molecule has 1 rings (SSSR count). The van der Waals surface area contributed by atoms with Gasteiger partial charge in [-0.05, 0) is 13.8 Å². The van der Waals surface area contributed by atoms with Crippen LogP contribution in [0.5, 0.6) is 0 Å². The minimum absolute atomic E-state index is 0.214. The lowest BCUT2D eigenvalue weighted by Gasteiger charge is -2.14. The van der Waals surface area contributed by atoms with Gasteiger partial charge in [-0.15, -0.1) is 11.6 Å². The van der Waals surface area contributed by atoms with Gasteiger partial charge in [-0.2, -0.15) is 0 Å². The lowest BCUT2D eigenvalue weighted by Crippen LogP contribution is -2.24. The van der Waals surface area contributed by atoms with E-state index in [4.69, 9.17) is 11.6 Å². The highest BCUT2D eigenvalue weighted by Crippen LogP contribution is 2.22. The zero-order valence-electron chi connectivity index (χ0n) is 8.49. The summed E-state index contributed by atoms with van der Waals surface area (Å²) < 4.78 is 1.88. The Hall–Kier alpha value is -1.03. The Kier molecular flexibility index (Phi) is 3.52. The summed E-state index contributed by atoms with van der Waals surface area (Å²) >= 11 is 5.97. The van der Waals surface area contributed by atoms with E-state index in [-0.39, 0.29) is 11.9 Å². The number of alkyl halides is 1. The number of carbonyl (C=O) groups excluding carboxylic acids is 1. The molecule has 1 heterocycles. The normalized spacial score (nSPS) is 12.9. The van der Waals surface area contributed by atoms with Gasteiger partial charge in [0.1, 0.15) is 0 Å². The third-order valence-electron chi connectivity index (χ3n) is 1.99. The molecule has 0 fully saturated rings. The summed E-state index contributed by atoms with van der Waals surface area (Å²) in [6.45, 7) is 4.03. The molecule has 0 radical (unpaired) electrons. The molecule has 0 spiro atoms. The number of hydrogen-bond donors (Lipinski definition) is 1. The summed E-state index contributed by atoms with van der Waals surface area (Å²) in [7, 11) is 1.56. The molecule has 0 aliphatic rings. The van der Waals surface area contributed by atoms with E-state index in [1.807, 2.05) is 18.4 Å². The Morgan fingerprint density at radius 1 is 1.64 bits per heavy atom. The molecule has 0 aromatic carbocycles. The molecule has 1 N–H and O–H groups in total. The van der Waals surface area contributed by atoms with Gasteiger partial charge in [0, 0.05) is 13.1 Å². The van der Waals surface area contributed by atoms with Crippen LogP contribution < -0.4 is 5.32 Å². The molecule has 1 amide bonds. The van der Waals surface area contributed by atoms with Gasteiger partial charge in [0.2, 0.25) is 5.91 Å². The molecule has 4 nitrogen and oxygen atoms in total. The lowest BCUT2D eigenvalue weighted by atomic mass is 10.2. The lowest BCUT2D eigenvalue weighted by molar-refractivity contribution is -0.120. The Labute approximate surface area is 88.3 Å². The molecule has 1 aromatic rings. The summed E-state index contributed by atoms with van der Waals surface area (Å²) in [6, 6.07) is 0.249. The molecular formula is C9H14ClN3O. The number of hydrogen-bond acceptors (Lipinski definition) is 2. The minimum atomic E-state index is -0.676. The standard InChI is InChI=1S/C9H14ClN3O/c1-6(2)13-5-12-4-7(13)8(10)9(14)11-3/h4-6,8H,1-3H3,(H,11,14). The monoisotopic (exact) mass is 215 g/mol. The van der Waals surface area contributed by atoms with Crippen molar-refractivity contribution < 1.29 is 4.79 Å². The first-order chi connectivity index (χ1) is 6.57. The molecule has 1 aromatic heterocycles. The predicted octanol–water partition coefficient (Wildman–Crippen LogP) is 1.49. The highest BCUT2D eigenvalue weighted by molar-refractivity contribution is 6.30. The van der Waals surface area contributed by atoms with Crippen LogP contribution >= 0.6 is 11.6 Å². The first-order valence-electron chi connectivity index (χ1n) is 4.45. The van der Waals surface area contributed by atoms with Crippen molar-refractivity contribution >= 4 is 17.5 Å². The van der Waals surface area contributed by atoms with Crippen molar-refractivity contribution in [1.82, 2.24) is 14.9 Å². The van der Waals surface area contributed by atoms with Crippen molar-refractivity contribution in [2.24, 2.45) is 0 Å². The molecule has 78 valence electrons. The van der Waals surface area contributed by atoms with E-state index in [0.29, 0.717) is 0 Å². The largest absolute Gasteiger partial charge is 0.358 e. The maximum atomic E-state index is 11.3. The number of likely N-dealkylation sites (N-methyl/N-ethyl adjacent to an activating group) is 1. The maximum Gasteiger partial charge on any atom is 0.243 e. The topological polar surface area (TPSA) is 46.9 Å². The fraction of sp³-hybridized carbons (Fsp3) is 0.556. The zero-order chi connectivity index (χ0) is 10.7. The second-order valence-corrected chi connectivity index (χ2v) is 3.73. The molecule has 1 unspecified atom stereocenters. The summed E-state index contributed by atoms with van der Waals surface area (Å²) in [6.07, 6.45) is 3.30. The average molecular weight is 216 g/mol. The van der Waals surface area contributed by atoms with Crippen LogP contribution in [0.1, 0.15) is 31.0 Å². The smallest absolute Gasteiger partial charge is 0.243 e. The van der Waals surface area contributed by atoms with Gasteiger partial charge in [-0.3, -0.25) is 4.79 Å². The van der Waals surface area contributed by atoms with Crippen molar-refractivity contribution in [3.8, 4) is 0 Å². The second-order valence-electron chi connectivity index (χ2n) is 3.30. The van der Waals surface area contributed by atoms with Crippen LogP contribution in [0.15, 0.2) is 12.5 Å². The number of aromatic nitrogens is 2. The van der Waals surface area contributed by atoms with Gasteiger partial charge < -0.3 is 9.88 Å². The first-order valence-corrected chi connectivity index (χ1v) is 4.89. The molecule has 0 bridgehead atoms. The van der Waals surface area contributed by atoms with E-state index in [9.17, 15) is 4.79 Å². The van der Waals surface area contributed by atoms with Gasteiger partial charge in [0.25, 0.3) is 0 Å². The molecule has 0 aliphatic carbocycles. The number of rotatable bonds is 3. The quantitative estimate of drug-likeness (QED) is 0.777. The Bertz CT molecular complexity index is 322. The SMILES string of the molecule is CNC(=O)C(Cl)c1cncn1C(C)C. The van der Waals surface area contributed by atoms with E-state index < -0.39 is 5.38 Å². The average Bonchev–Trinajstić information content (AvgIpc) is 2.63. The van der Waals surface area contributed by atoms with Crippen LogP contribution in [0, 0.1) is 0 Å². The van der Waals surface area contributed by atoms with Gasteiger partial charge in [0.05, 0.1) is 18.2 Å². The van der Waals surface area contributed by atoms with Gasteiger partial charge in [0.15, 0.2) is 5.38 Å². The molecule has 0 aliphatic heterocycles. The molecule has 1 atom stereocenters. The van der Waals surface area contributed by atoms with Crippen molar-refractivity contribution in [3.05, 3.63) is 18.2 Å². The number of halogens is 1. The van der Waals surface area contributed by atoms with Gasteiger partial charge in [-0.1, -0.05) is 0 Å². The number of carbonyl (C=O) groups is 1. The van der Waals surface area contributed by atoms with Crippen molar-refractivity contribution in [3.63, 3.8) is 0 Å². The highest BCUT2D eigenvalue weighted by Gasteiger charge is 2.20. The summed E-state index contributed by atoms with van der Waals surface area (Å²) in [5, 5.41) is 1.83. The van der Waals surface area contributed by atoms with E-state index in [1.165, 1.54) is 0 Å². The van der Waals surface area contributed by atoms with E-state index in [2.05, 4.69) is 10.3 Å². The van der Waals surface area contributed by atoms with Crippen LogP contribution in [-0.4, -0.2) is 22.5 Å². The Morgan fingerprint density at radius 3 is 2.79 bits per heavy atom. The van der Waals surface area contributed by atoms with Crippen LogP contribution in [0.2, 0.25) is 0 Å². The molecule has 14 heavy (non-hydrogen) atoms. The third-order valence-corrected chi connectivity index (χ3v) is 2.41. The van der Waals surface area contributed by atoms with Crippen molar-refractivity contribution in [2.45, 2.75) is 25.3 Å².